The van der Waals surface area contributed by atoms with E-state index in [0.29, 0.717) is 6.29 Å². The smallest absolute Gasteiger partial charge is 0.343 e. The Hall–Kier alpha value is -3.42. The predicted molar refractivity (Wildman–Crippen MR) is 90.2 cm³/mol. The largest absolute Gasteiger partial charge is 0.493 e. The number of nitrogens with one attached hydrogen (secondary N) is 1. The highest BCUT2D eigenvalue weighted by Crippen LogP contribution is 2.33. The van der Waals surface area contributed by atoms with E-state index in [0.717, 1.165) is 6.07 Å². The first-order valence-electron chi connectivity index (χ1n) is 7.42. The molecule has 0 saturated heterocycles. The zero-order chi connectivity index (χ0) is 19.1. The zero-order valence-corrected chi connectivity index (χ0v) is 14.1. The van der Waals surface area contributed by atoms with Crippen molar-refractivity contribution in [2.75, 3.05) is 26.1 Å². The summed E-state index contributed by atoms with van der Waals surface area (Å²) in [7, 11) is 2.68. The molecule has 0 unspecified atom stereocenters. The fourth-order valence-electron chi connectivity index (χ4n) is 2.22. The Labute approximate surface area is 148 Å². The van der Waals surface area contributed by atoms with Gasteiger partial charge in [-0.1, -0.05) is 6.07 Å². The van der Waals surface area contributed by atoms with E-state index >= 15 is 0 Å². The number of hydrogen-bond acceptors (Lipinski definition) is 6. The summed E-state index contributed by atoms with van der Waals surface area (Å²) in [6.45, 7) is -0.631. The number of hydrogen-bond donors (Lipinski definition) is 1. The number of methoxy groups -OCH3 is 2. The predicted octanol–water partition coefficient (Wildman–Crippen LogP) is 2.45. The molecule has 0 fully saturated rings. The first kappa shape index (κ1) is 18.9. The Bertz CT molecular complexity index is 836. The standard InChI is InChI=1S/C18H16FNO6/c1-24-14-7-6-11(9-21)16(17(14)25-2)18(23)26-10-15(22)20-13-5-3-4-12(19)8-13/h3-9H,10H2,1-2H3,(H,20,22). The molecule has 0 radical (unpaired) electrons. The van der Waals surface area contributed by atoms with Crippen LogP contribution in [0.2, 0.25) is 0 Å². The van der Waals surface area contributed by atoms with E-state index in [2.05, 4.69) is 5.32 Å². The van der Waals surface area contributed by atoms with Crippen molar-refractivity contribution < 1.29 is 33.0 Å². The first-order chi connectivity index (χ1) is 12.5. The van der Waals surface area contributed by atoms with Crippen LogP contribution >= 0.6 is 0 Å². The van der Waals surface area contributed by atoms with Crippen molar-refractivity contribution in [1.82, 2.24) is 0 Å². The Morgan fingerprint density at radius 2 is 1.92 bits per heavy atom. The highest BCUT2D eigenvalue weighted by atomic mass is 19.1. The van der Waals surface area contributed by atoms with E-state index in [9.17, 15) is 18.8 Å². The Morgan fingerprint density at radius 1 is 1.15 bits per heavy atom. The molecule has 0 spiro atoms. The summed E-state index contributed by atoms with van der Waals surface area (Å²) in [6.07, 6.45) is 0.464. The van der Waals surface area contributed by atoms with E-state index in [-0.39, 0.29) is 28.3 Å². The van der Waals surface area contributed by atoms with Crippen LogP contribution in [0.15, 0.2) is 36.4 Å². The molecular weight excluding hydrogens is 345 g/mol. The van der Waals surface area contributed by atoms with Crippen molar-refractivity contribution in [3.8, 4) is 11.5 Å². The number of amides is 1. The summed E-state index contributed by atoms with van der Waals surface area (Å²) in [5.41, 5.74) is 0.0946. The van der Waals surface area contributed by atoms with Gasteiger partial charge >= 0.3 is 5.97 Å². The minimum absolute atomic E-state index is 0.0210. The Kier molecular flexibility index (Phi) is 6.26. The molecule has 0 aliphatic heterocycles. The first-order valence-corrected chi connectivity index (χ1v) is 7.42. The fraction of sp³-hybridized carbons (Fsp3) is 0.167. The van der Waals surface area contributed by atoms with Gasteiger partial charge in [0.25, 0.3) is 5.91 Å². The SMILES string of the molecule is COc1ccc(C=O)c(C(=O)OCC(=O)Nc2cccc(F)c2)c1OC. The fourth-order valence-corrected chi connectivity index (χ4v) is 2.22. The minimum Gasteiger partial charge on any atom is -0.493 e. The van der Waals surface area contributed by atoms with Crippen LogP contribution in [0.3, 0.4) is 0 Å². The van der Waals surface area contributed by atoms with E-state index in [1.165, 1.54) is 44.6 Å². The summed E-state index contributed by atoms with van der Waals surface area (Å²) in [6, 6.07) is 8.10. The Morgan fingerprint density at radius 3 is 2.54 bits per heavy atom. The van der Waals surface area contributed by atoms with Crippen molar-refractivity contribution in [1.29, 1.82) is 0 Å². The second kappa shape index (κ2) is 8.61. The van der Waals surface area contributed by atoms with Crippen LogP contribution in [-0.4, -0.2) is 39.0 Å². The third-order valence-electron chi connectivity index (χ3n) is 3.35. The number of esters is 1. The van der Waals surface area contributed by atoms with Crippen LogP contribution in [0.4, 0.5) is 10.1 Å². The lowest BCUT2D eigenvalue weighted by Crippen LogP contribution is -2.22. The lowest BCUT2D eigenvalue weighted by Gasteiger charge is -2.14. The minimum atomic E-state index is -0.933. The van der Waals surface area contributed by atoms with Gasteiger partial charge in [-0.3, -0.25) is 9.59 Å². The molecule has 0 atom stereocenters. The summed E-state index contributed by atoms with van der Waals surface area (Å²) in [4.78, 5) is 35.4. The van der Waals surface area contributed by atoms with E-state index in [4.69, 9.17) is 14.2 Å². The lowest BCUT2D eigenvalue weighted by molar-refractivity contribution is -0.119. The second-order valence-corrected chi connectivity index (χ2v) is 5.02. The average Bonchev–Trinajstić information content (AvgIpc) is 2.64. The van der Waals surface area contributed by atoms with Gasteiger partial charge in [0.15, 0.2) is 24.4 Å². The molecule has 0 heterocycles. The average molecular weight is 361 g/mol. The third kappa shape index (κ3) is 4.35. The maximum Gasteiger partial charge on any atom is 0.343 e. The summed E-state index contributed by atoms with van der Waals surface area (Å²) >= 11 is 0. The monoisotopic (exact) mass is 361 g/mol. The summed E-state index contributed by atoms with van der Waals surface area (Å²) < 4.78 is 28.2. The topological polar surface area (TPSA) is 90.9 Å². The number of carbonyl (C=O) groups excluding carboxylic acids is 3. The van der Waals surface area contributed by atoms with Gasteiger partial charge in [-0.2, -0.15) is 0 Å². The van der Waals surface area contributed by atoms with Crippen molar-refractivity contribution in [3.63, 3.8) is 0 Å². The van der Waals surface area contributed by atoms with Crippen molar-refractivity contribution >= 4 is 23.9 Å². The molecule has 0 saturated carbocycles. The second-order valence-electron chi connectivity index (χ2n) is 5.02. The Balaban J connectivity index is 2.12. The normalized spacial score (nSPS) is 9.96. The highest BCUT2D eigenvalue weighted by molar-refractivity contribution is 6.03. The van der Waals surface area contributed by atoms with Crippen LogP contribution < -0.4 is 14.8 Å². The maximum atomic E-state index is 13.1. The molecule has 0 bridgehead atoms. The van der Waals surface area contributed by atoms with Crippen molar-refractivity contribution in [2.45, 2.75) is 0 Å². The van der Waals surface area contributed by atoms with E-state index in [1.54, 1.807) is 0 Å². The molecule has 0 aromatic heterocycles. The van der Waals surface area contributed by atoms with Crippen LogP contribution in [0.1, 0.15) is 20.7 Å². The molecule has 0 aliphatic rings. The van der Waals surface area contributed by atoms with Crippen molar-refractivity contribution in [2.24, 2.45) is 0 Å². The summed E-state index contributed by atoms with van der Waals surface area (Å²) in [5, 5.41) is 2.39. The number of halogens is 1. The van der Waals surface area contributed by atoms with E-state index in [1.807, 2.05) is 0 Å². The van der Waals surface area contributed by atoms with Crippen LogP contribution in [0.5, 0.6) is 11.5 Å². The molecule has 0 aliphatic carbocycles. The molecular formula is C18H16FNO6. The van der Waals surface area contributed by atoms with Gasteiger partial charge in [-0.15, -0.1) is 0 Å². The number of carbonyl (C=O) groups is 3. The quantitative estimate of drug-likeness (QED) is 0.602. The molecule has 1 amide bonds. The molecule has 2 rings (SSSR count). The third-order valence-corrected chi connectivity index (χ3v) is 3.35. The van der Waals surface area contributed by atoms with Gasteiger partial charge in [-0.05, 0) is 30.3 Å². The van der Waals surface area contributed by atoms with Gasteiger partial charge in [-0.25, -0.2) is 9.18 Å². The van der Waals surface area contributed by atoms with Gasteiger partial charge in [0.05, 0.1) is 14.2 Å². The van der Waals surface area contributed by atoms with Gasteiger partial charge in [0, 0.05) is 11.3 Å². The van der Waals surface area contributed by atoms with E-state index < -0.39 is 24.3 Å². The number of aldehydes is 1. The highest BCUT2D eigenvalue weighted by Gasteiger charge is 2.23. The number of anilines is 1. The number of benzene rings is 2. The number of ether oxygens (including phenoxy) is 3. The molecule has 136 valence electrons. The maximum absolute atomic E-state index is 13.1. The van der Waals surface area contributed by atoms with Gasteiger partial charge in [0.1, 0.15) is 11.4 Å². The van der Waals surface area contributed by atoms with Gasteiger partial charge < -0.3 is 19.5 Å². The molecule has 2 aromatic rings. The molecule has 7 nitrogen and oxygen atoms in total. The van der Waals surface area contributed by atoms with Crippen LogP contribution in [-0.2, 0) is 9.53 Å². The summed E-state index contributed by atoms with van der Waals surface area (Å²) in [5.74, 6) is -1.87. The van der Waals surface area contributed by atoms with Crippen LogP contribution in [0, 0.1) is 5.82 Å². The van der Waals surface area contributed by atoms with Crippen molar-refractivity contribution in [3.05, 3.63) is 53.3 Å². The van der Waals surface area contributed by atoms with Crippen LogP contribution in [0.25, 0.3) is 0 Å². The molecule has 1 N–H and O–H groups in total. The lowest BCUT2D eigenvalue weighted by atomic mass is 10.1. The number of rotatable bonds is 7. The molecule has 2 aromatic carbocycles. The van der Waals surface area contributed by atoms with Gasteiger partial charge in [0.2, 0.25) is 0 Å². The zero-order valence-electron chi connectivity index (χ0n) is 14.1. The molecule has 8 heteroatoms. The molecule has 26 heavy (non-hydrogen) atoms.